The maximum Gasteiger partial charge on any atom is 0.225 e. The summed E-state index contributed by atoms with van der Waals surface area (Å²) in [6.45, 7) is 8.28. The van der Waals surface area contributed by atoms with Gasteiger partial charge in [-0.1, -0.05) is 226 Å². The molecule has 4 nitrogen and oxygen atoms in total. The molecule has 0 rings (SSSR count). The van der Waals surface area contributed by atoms with Crippen LogP contribution in [0, 0.1) is 0 Å². The van der Waals surface area contributed by atoms with Gasteiger partial charge in [0.05, 0.1) is 0 Å². The van der Waals surface area contributed by atoms with E-state index in [1.165, 1.54) is 180 Å². The molecule has 0 unspecified atom stereocenters. The number of unbranched alkanes of at least 4 members (excludes halogenated alkanes) is 32. The summed E-state index contributed by atoms with van der Waals surface area (Å²) in [5.41, 5.74) is -1.25. The smallest absolute Gasteiger partial charge is 0.225 e. The van der Waals surface area contributed by atoms with E-state index in [9.17, 15) is 14.4 Å². The van der Waals surface area contributed by atoms with Gasteiger partial charge in [-0.2, -0.15) is 0 Å². The van der Waals surface area contributed by atoms with E-state index >= 15 is 0 Å². The fourth-order valence-electron chi connectivity index (χ4n) is 8.02. The van der Waals surface area contributed by atoms with Crippen molar-refractivity contribution in [3.05, 3.63) is 0 Å². The highest BCUT2D eigenvalue weighted by Gasteiger charge is 2.48. The Kier molecular flexibility index (Phi) is 40.1. The number of ketones is 1. The Balaban J connectivity index is 5.06. The van der Waals surface area contributed by atoms with E-state index in [-0.39, 0.29) is 28.0 Å². The van der Waals surface area contributed by atoms with Crippen LogP contribution >= 0.6 is 31.9 Å². The third-order valence-electron chi connectivity index (χ3n) is 11.6. The van der Waals surface area contributed by atoms with Crippen LogP contribution < -0.4 is 0 Å². The average molecular weight is 876 g/mol. The summed E-state index contributed by atoms with van der Waals surface area (Å²) < 4.78 is -0.380. The first-order chi connectivity index (χ1) is 25.9. The van der Waals surface area contributed by atoms with Gasteiger partial charge in [-0.25, -0.2) is 0 Å². The van der Waals surface area contributed by atoms with Crippen LogP contribution in [0.1, 0.15) is 265 Å². The molecule has 0 aromatic rings. The standard InChI is InChI=1S/C47H89Br2NO3/c1-4-7-10-13-16-18-20-22-24-26-28-31-34-37-42-50(43-38-35-32-29-27-25-23-21-19-17-14-11-8-5-2)47(46(49)53,41-40-45(48)52)44(51)39-36-33-30-15-12-9-6-3/h4-43H2,1-3H3/t47-/m1/s1. The van der Waals surface area contributed by atoms with Gasteiger partial charge in [-0.15, -0.1) is 0 Å². The van der Waals surface area contributed by atoms with E-state index in [1.807, 2.05) is 0 Å². The molecule has 0 N–H and O–H groups in total. The molecule has 0 aliphatic rings. The minimum absolute atomic E-state index is 0.0115. The topological polar surface area (TPSA) is 54.5 Å². The maximum atomic E-state index is 14.2. The van der Waals surface area contributed by atoms with E-state index < -0.39 is 5.54 Å². The molecule has 0 heterocycles. The fourth-order valence-corrected chi connectivity index (χ4v) is 8.89. The van der Waals surface area contributed by atoms with Gasteiger partial charge in [-0.3, -0.25) is 19.3 Å². The van der Waals surface area contributed by atoms with Crippen molar-refractivity contribution in [3.63, 3.8) is 0 Å². The SMILES string of the molecule is CCCCCCCCCCCCCCCCN(CCCCCCCCCCCCCCCC)[C@@](CCC(=O)Br)(C(=O)Br)C(=O)CCCCCCCCC. The largest absolute Gasteiger partial charge is 0.297 e. The van der Waals surface area contributed by atoms with Crippen LogP contribution in [-0.4, -0.2) is 38.7 Å². The second-order valence-corrected chi connectivity index (χ2v) is 18.1. The number of nitrogens with zero attached hydrogens (tertiary/aromatic N) is 1. The zero-order chi connectivity index (χ0) is 39.1. The Morgan fingerprint density at radius 2 is 0.642 bits per heavy atom. The number of hydrogen-bond donors (Lipinski definition) is 0. The summed E-state index contributed by atoms with van der Waals surface area (Å²) in [6.07, 6.45) is 45.5. The lowest BCUT2D eigenvalue weighted by Gasteiger charge is -2.40. The van der Waals surface area contributed by atoms with Crippen molar-refractivity contribution in [1.29, 1.82) is 0 Å². The molecule has 0 amide bonds. The Morgan fingerprint density at radius 1 is 0.377 bits per heavy atom. The highest BCUT2D eigenvalue weighted by molar-refractivity contribution is 9.18. The molecule has 53 heavy (non-hydrogen) atoms. The van der Waals surface area contributed by atoms with Gasteiger partial charge in [-0.05, 0) is 70.6 Å². The predicted octanol–water partition coefficient (Wildman–Crippen LogP) is 16.3. The molecular weight excluding hydrogens is 786 g/mol. The number of Topliss-reactive ketones (excluding diaryl/α,β-unsaturated/α-hetero) is 1. The predicted molar refractivity (Wildman–Crippen MR) is 240 cm³/mol. The molecule has 314 valence electrons. The van der Waals surface area contributed by atoms with Crippen molar-refractivity contribution in [3.8, 4) is 0 Å². The van der Waals surface area contributed by atoms with Gasteiger partial charge in [0.15, 0.2) is 16.0 Å². The quantitative estimate of drug-likeness (QED) is 0.0348. The monoisotopic (exact) mass is 874 g/mol. The van der Waals surface area contributed by atoms with E-state index in [0.29, 0.717) is 6.42 Å². The molecule has 0 aliphatic heterocycles. The molecule has 0 saturated heterocycles. The number of rotatable bonds is 44. The first-order valence-electron chi connectivity index (χ1n) is 23.5. The van der Waals surface area contributed by atoms with Crippen molar-refractivity contribution in [2.24, 2.45) is 0 Å². The maximum absolute atomic E-state index is 14.2. The fraction of sp³-hybridized carbons (Fsp3) is 0.936. The summed E-state index contributed by atoms with van der Waals surface area (Å²) in [7, 11) is 0. The van der Waals surface area contributed by atoms with E-state index in [1.54, 1.807) is 0 Å². The van der Waals surface area contributed by atoms with E-state index in [2.05, 4.69) is 57.5 Å². The van der Waals surface area contributed by atoms with Gasteiger partial charge < -0.3 is 0 Å². The zero-order valence-electron chi connectivity index (χ0n) is 35.7. The number of halogens is 2. The minimum atomic E-state index is -1.25. The lowest BCUT2D eigenvalue weighted by atomic mass is 9.84. The second-order valence-electron chi connectivity index (χ2n) is 16.5. The summed E-state index contributed by atoms with van der Waals surface area (Å²) in [5.74, 6) is 0.0115. The highest BCUT2D eigenvalue weighted by Crippen LogP contribution is 2.32. The summed E-state index contributed by atoms with van der Waals surface area (Å²) in [6, 6.07) is 0. The average Bonchev–Trinajstić information content (AvgIpc) is 3.14. The number of carbonyl (C=O) groups excluding carboxylic acids is 3. The summed E-state index contributed by atoms with van der Waals surface area (Å²) >= 11 is 6.45. The first-order valence-corrected chi connectivity index (χ1v) is 25.1. The Hall–Kier alpha value is -0.0700. The summed E-state index contributed by atoms with van der Waals surface area (Å²) in [5, 5.41) is 0. The third kappa shape index (κ3) is 30.7. The van der Waals surface area contributed by atoms with Crippen molar-refractivity contribution in [2.45, 2.75) is 270 Å². The minimum Gasteiger partial charge on any atom is -0.297 e. The molecular formula is C47H89Br2NO3. The second kappa shape index (κ2) is 40.1. The van der Waals surface area contributed by atoms with Crippen molar-refractivity contribution in [2.75, 3.05) is 13.1 Å². The van der Waals surface area contributed by atoms with Gasteiger partial charge in [0, 0.05) is 12.8 Å². The molecule has 0 aromatic heterocycles. The zero-order valence-corrected chi connectivity index (χ0v) is 38.9. The molecule has 0 aliphatic carbocycles. The Morgan fingerprint density at radius 3 is 0.906 bits per heavy atom. The number of hydrogen-bond acceptors (Lipinski definition) is 4. The molecule has 0 saturated carbocycles. The Bertz CT molecular complexity index is 805. The molecule has 6 heteroatoms. The highest BCUT2D eigenvalue weighted by atomic mass is 79.9. The van der Waals surface area contributed by atoms with E-state index in [4.69, 9.17) is 0 Å². The Labute approximate surface area is 348 Å². The van der Waals surface area contributed by atoms with Gasteiger partial charge in [0.25, 0.3) is 0 Å². The van der Waals surface area contributed by atoms with Crippen LogP contribution in [0.25, 0.3) is 0 Å². The lowest BCUT2D eigenvalue weighted by Crippen LogP contribution is -2.59. The van der Waals surface area contributed by atoms with E-state index in [0.717, 1.165) is 58.0 Å². The molecule has 0 spiro atoms. The van der Waals surface area contributed by atoms with Gasteiger partial charge in [0.1, 0.15) is 0 Å². The third-order valence-corrected chi connectivity index (χ3v) is 12.6. The van der Waals surface area contributed by atoms with Crippen LogP contribution in [0.5, 0.6) is 0 Å². The molecule has 0 bridgehead atoms. The molecule has 1 atom stereocenters. The van der Waals surface area contributed by atoms with Crippen LogP contribution in [0.4, 0.5) is 0 Å². The van der Waals surface area contributed by atoms with Crippen LogP contribution in [0.15, 0.2) is 0 Å². The van der Waals surface area contributed by atoms with Crippen molar-refractivity contribution >= 4 is 47.0 Å². The first kappa shape index (κ1) is 52.9. The van der Waals surface area contributed by atoms with Gasteiger partial charge in [0.2, 0.25) is 4.69 Å². The molecule has 0 aromatic carbocycles. The normalized spacial score (nSPS) is 12.8. The van der Waals surface area contributed by atoms with Crippen LogP contribution in [0.2, 0.25) is 0 Å². The molecule has 0 radical (unpaired) electrons. The summed E-state index contributed by atoms with van der Waals surface area (Å²) in [4.78, 5) is 42.2. The number of carbonyl (C=O) groups is 3. The molecule has 0 fully saturated rings. The van der Waals surface area contributed by atoms with Crippen molar-refractivity contribution in [1.82, 2.24) is 4.90 Å². The van der Waals surface area contributed by atoms with Crippen molar-refractivity contribution < 1.29 is 14.4 Å². The van der Waals surface area contributed by atoms with Gasteiger partial charge >= 0.3 is 0 Å². The van der Waals surface area contributed by atoms with Crippen LogP contribution in [0.3, 0.4) is 0 Å². The lowest BCUT2D eigenvalue weighted by molar-refractivity contribution is -0.140. The van der Waals surface area contributed by atoms with Crippen LogP contribution in [-0.2, 0) is 14.4 Å².